The Morgan fingerprint density at radius 1 is 0.496 bits per heavy atom. The number of phosphoric ester groups is 7. The number of hydrogen-bond donors (Lipinski definition) is 27. The third-order valence-corrected chi connectivity index (χ3v) is 22.3. The molecule has 0 aliphatic carbocycles. The van der Waals surface area contributed by atoms with Crippen LogP contribution in [0.1, 0.15) is 80.8 Å². The van der Waals surface area contributed by atoms with Crippen LogP contribution in [0, 0.1) is 6.92 Å². The molecule has 3 amide bonds. The van der Waals surface area contributed by atoms with Crippen LogP contribution in [0.3, 0.4) is 0 Å². The average Bonchev–Trinajstić information content (AvgIpc) is 1.66. The van der Waals surface area contributed by atoms with Crippen LogP contribution in [0.2, 0.25) is 0 Å². The Balaban J connectivity index is 0.000000258. The predicted molar refractivity (Wildman–Crippen MR) is 393 cm³/mol. The third kappa shape index (κ3) is 38.0. The lowest BCUT2D eigenvalue weighted by atomic mass is 10.1. The van der Waals surface area contributed by atoms with E-state index in [1.807, 2.05) is 0 Å². The predicted octanol–water partition coefficient (Wildman–Crippen LogP) is -8.77. The Kier molecular flexibility index (Phi) is 40.0. The summed E-state index contributed by atoms with van der Waals surface area (Å²) < 4.78 is 162. The number of carbonyl (C=O) groups is 3. The van der Waals surface area contributed by atoms with Gasteiger partial charge in [-0.15, -0.1) is 5.10 Å². The molecule has 6 unspecified atom stereocenters. The topological polar surface area (TPSA) is 1000 Å². The molecule has 3 aromatic heterocycles. The minimum atomic E-state index is -5.39. The van der Waals surface area contributed by atoms with Crippen molar-refractivity contribution in [2.24, 2.45) is 25.7 Å². The van der Waals surface area contributed by atoms with Crippen LogP contribution < -0.4 is 49.5 Å². The molecule has 5 saturated heterocycles. The van der Waals surface area contributed by atoms with E-state index in [9.17, 15) is 95.1 Å². The Hall–Kier alpha value is -6.10. The van der Waals surface area contributed by atoms with Crippen molar-refractivity contribution in [2.45, 2.75) is 163 Å². The smallest absolute Gasteiger partial charge is 0.387 e. The van der Waals surface area contributed by atoms with E-state index in [0.717, 1.165) is 11.0 Å². The number of H-pyrrole nitrogens is 2. The lowest BCUT2D eigenvalue weighted by molar-refractivity contribution is -0.125. The molecule has 0 saturated carbocycles. The van der Waals surface area contributed by atoms with Crippen LogP contribution in [0.15, 0.2) is 63.9 Å². The number of aliphatic imine (C=N–C) groups is 4. The molecule has 0 bridgehead atoms. The number of carbonyl (C=O) groups excluding carboxylic acids is 3. The molecule has 28 N–H and O–H groups in total. The standard InChI is InChI=1S/C10H15N2O7P.C9H13N2O7P.C8H13N4O8P.2C5H6N4O.C5H13O14P3.C5H13O12P3.CH4/c1-6-4-12(10(14)11-9(6)13)8-3-2-7(19-8)5-18-20(15,16)17;12-7-3-4-11(9(13)10-7)8-2-1-6(18-8)5-17-19(14,15)16;9-6(15)7-10-2-12(11-7)8-5(14)4(13)3(20-8)1-19-21(16,17)18;2*10-5-3-4(7-1-6-3)8-2-9-5;6-3-2(1-16-20(8,9)10)17-5(4(3)7)18-22(14,15)19-21(11,12)13;6-18(7,8)14-3-4-1-2-5(15-4)16-20(12,13)17-19(9,10)11;/h4,7-8H,2-3,5H2,1H3,(H,11,13,14)(H2,15,16,17);3-4,6,8H,1-2,5H2,(H,10,12,13)(H2,14,15,16);2-5,8,13-14H,1H2,(H2,9,15)(H2,16,17,18);2*1-4H,(H,6,7)(H,8,9,10);2-7H,1H2,(H,14,15)(H2,8,9,10)(H2,11,12,13);4-5H,1-3H2,(H,12,13)(H2,6,7,8)(H2,9,10,11);1H4/t7-,8+;6-,8+;3-,4-,5-,8-;;;2-,3-,4-,5-;4-,5+;/m001..10./s1. The van der Waals surface area contributed by atoms with Crippen molar-refractivity contribution < 1.29 is 218 Å². The summed E-state index contributed by atoms with van der Waals surface area (Å²) in [6.07, 6.45) is -5.75. The Bertz CT molecular complexity index is 4870. The maximum atomic E-state index is 11.7. The number of nitrogens with two attached hydrogens (primary N) is 1. The molecule has 20 atom stereocenters. The van der Waals surface area contributed by atoms with Crippen molar-refractivity contribution in [3.8, 4) is 0 Å². The van der Waals surface area contributed by atoms with Crippen molar-refractivity contribution in [3.63, 3.8) is 0 Å². The minimum absolute atomic E-state index is 0. The molecule has 12 heterocycles. The summed E-state index contributed by atoms with van der Waals surface area (Å²) >= 11 is 0. The van der Waals surface area contributed by atoms with Gasteiger partial charge in [0.2, 0.25) is 5.82 Å². The lowest BCUT2D eigenvalue weighted by Gasteiger charge is -2.18. The first kappa shape index (κ1) is 107. The number of nitrogens with one attached hydrogen (secondary N) is 6. The summed E-state index contributed by atoms with van der Waals surface area (Å²) in [4.78, 5) is 239. The van der Waals surface area contributed by atoms with E-state index in [0.29, 0.717) is 31.2 Å². The van der Waals surface area contributed by atoms with Gasteiger partial charge >= 0.3 is 81.8 Å². The van der Waals surface area contributed by atoms with E-state index < -0.39 is 205 Å². The number of hydrogen-bond acceptors (Lipinski definition) is 42. The molecule has 700 valence electrons. The van der Waals surface area contributed by atoms with Crippen LogP contribution in [-0.4, -0.2) is 301 Å². The molecule has 0 aromatic carbocycles. The molecule has 0 spiro atoms. The maximum absolute atomic E-state index is 11.7. The van der Waals surface area contributed by atoms with Crippen LogP contribution in [-0.2, 0) is 115 Å². The normalized spacial score (nSPS) is 28.5. The molecule has 9 aliphatic heterocycles. The number of aromatic amines is 2. The van der Waals surface area contributed by atoms with Gasteiger partial charge in [-0.05, 0) is 39.0 Å². The fraction of sp³-hybridized carbons (Fsp3) is 0.646. The molecule has 75 heteroatoms. The summed E-state index contributed by atoms with van der Waals surface area (Å²) in [7, 11) is -44.3. The number of nitrogens with zero attached hydrogens (tertiary/aromatic N) is 9. The number of amides is 3. The third-order valence-electron chi connectivity index (χ3n) is 15.5. The highest BCUT2D eigenvalue weighted by molar-refractivity contribution is 7.61. The van der Waals surface area contributed by atoms with Crippen molar-refractivity contribution in [1.82, 2.24) is 55.1 Å². The highest BCUT2D eigenvalue weighted by Crippen LogP contribution is 2.60. The van der Waals surface area contributed by atoms with Crippen LogP contribution >= 0.6 is 70.4 Å². The number of ether oxygens (including phenoxy) is 5. The van der Waals surface area contributed by atoms with Gasteiger partial charge in [0.25, 0.3) is 28.8 Å². The summed E-state index contributed by atoms with van der Waals surface area (Å²) in [6, 6.07) is 0.625. The van der Waals surface area contributed by atoms with E-state index >= 15 is 0 Å². The van der Waals surface area contributed by atoms with Crippen LogP contribution in [0.4, 0.5) is 0 Å². The van der Waals surface area contributed by atoms with Gasteiger partial charge in [-0.2, -0.15) is 8.62 Å². The summed E-state index contributed by atoms with van der Waals surface area (Å²) in [5.74, 6) is -1.34. The molecule has 9 aliphatic rings. The first-order valence-electron chi connectivity index (χ1n) is 33.2. The van der Waals surface area contributed by atoms with Gasteiger partial charge < -0.3 is 149 Å². The molecule has 12 rings (SSSR count). The zero-order chi connectivity index (χ0) is 91.6. The van der Waals surface area contributed by atoms with Gasteiger partial charge in [0.15, 0.2) is 31.1 Å². The monoisotopic (exact) mass is 1960 g/mol. The van der Waals surface area contributed by atoms with E-state index in [1.165, 1.54) is 52.9 Å². The van der Waals surface area contributed by atoms with Gasteiger partial charge in [-0.25, -0.2) is 80.3 Å². The van der Waals surface area contributed by atoms with E-state index in [4.69, 9.17) is 103 Å². The second-order valence-corrected chi connectivity index (χ2v) is 36.6. The molecule has 3 aromatic rings. The van der Waals surface area contributed by atoms with Crippen molar-refractivity contribution in [3.05, 3.63) is 77.9 Å². The molecule has 123 heavy (non-hydrogen) atoms. The van der Waals surface area contributed by atoms with Crippen molar-refractivity contribution in [2.75, 3.05) is 33.0 Å². The zero-order valence-electron chi connectivity index (χ0n) is 61.1. The summed E-state index contributed by atoms with van der Waals surface area (Å²) in [6.45, 7) is -0.956. The van der Waals surface area contributed by atoms with E-state index in [-0.39, 0.29) is 75.5 Å². The molecule has 5 fully saturated rings. The number of aliphatic hydroxyl groups excluding tert-OH is 4. The Morgan fingerprint density at radius 2 is 0.902 bits per heavy atom. The second-order valence-electron chi connectivity index (χ2n) is 24.8. The average molecular weight is 1960 g/mol. The Morgan fingerprint density at radius 3 is 1.33 bits per heavy atom. The summed E-state index contributed by atoms with van der Waals surface area (Å²) in [5.41, 5.74) is 3.23. The fourth-order valence-electron chi connectivity index (χ4n) is 10.3. The highest BCUT2D eigenvalue weighted by Gasteiger charge is 2.50. The molecular weight excluding hydrogens is 1880 g/mol. The Labute approximate surface area is 684 Å². The van der Waals surface area contributed by atoms with Gasteiger partial charge in [-0.3, -0.25) is 74.7 Å². The van der Waals surface area contributed by atoms with E-state index in [1.54, 1.807) is 6.92 Å². The first-order valence-corrected chi connectivity index (χ1v) is 46.9. The van der Waals surface area contributed by atoms with E-state index in [2.05, 4.69) is 106 Å². The van der Waals surface area contributed by atoms with Gasteiger partial charge in [-0.1, -0.05) is 7.43 Å². The molecule has 66 nitrogen and oxygen atoms in total. The maximum Gasteiger partial charge on any atom is 0.483 e. The molecule has 0 radical (unpaired) electrons. The van der Waals surface area contributed by atoms with Gasteiger partial charge in [0.05, 0.1) is 76.7 Å². The number of fused-ring (bicyclic) bond motifs is 2. The van der Waals surface area contributed by atoms with Crippen LogP contribution in [0.5, 0.6) is 0 Å². The number of aryl methyl sites for hydroxylation is 1. The number of aliphatic hydroxyl groups is 4. The van der Waals surface area contributed by atoms with Crippen LogP contribution in [0.25, 0.3) is 0 Å². The first-order chi connectivity index (χ1) is 56.1. The quantitative estimate of drug-likeness (QED) is 0.0315. The number of phosphoric acid groups is 9. The second kappa shape index (κ2) is 45.7. The van der Waals surface area contributed by atoms with Crippen molar-refractivity contribution >= 4 is 113 Å². The highest BCUT2D eigenvalue weighted by atomic mass is 31.3. The molecular formula is C48H83N16O50P9. The van der Waals surface area contributed by atoms with Gasteiger partial charge in [0, 0.05) is 30.4 Å². The summed E-state index contributed by atoms with van der Waals surface area (Å²) in [5, 5.41) is 52.8. The van der Waals surface area contributed by atoms with Gasteiger partial charge in [0.1, 0.15) is 67.5 Å². The SMILES string of the molecule is C.Cc1cn([C@H]2CC[C@@H](COP(=O)(O)O)O2)c(=O)[nH]c1=O.NC(=O)c1ncn([C@@H]2O[C@H](COP(=O)(O)O)[C@@H](O)[C@H]2O)n1.O=C1NC=NC2N=CNC12.O=C1NC=NC2N=CNC12.O=P(O)(O)OC[C@@H]1CC[C@@H](OP(=O)(O)OP(=O)(O)O)O1.O=P(O)(O)OC[C@H]1O[C@H](OP(=O)(O)OP(=O)(O)O)[C@H](O)[C@@H]1O.O=c1ccn([C@H]2CC[C@@H](COP(=O)(O)O)O2)c(=O)[nH]1. The fourth-order valence-corrected chi connectivity index (χ4v) is 15.4. The van der Waals surface area contributed by atoms with Crippen molar-refractivity contribution in [1.29, 1.82) is 0 Å². The minimum Gasteiger partial charge on any atom is -0.387 e. The lowest BCUT2D eigenvalue weighted by Crippen LogP contribution is -2.48. The number of aromatic nitrogens is 7. The number of primary amides is 1. The number of rotatable bonds is 27. The largest absolute Gasteiger partial charge is 0.483 e. The zero-order valence-corrected chi connectivity index (χ0v) is 69.2.